The quantitative estimate of drug-likeness (QED) is 0.281. The summed E-state index contributed by atoms with van der Waals surface area (Å²) in [5, 5.41) is 4.33. The second-order valence-electron chi connectivity index (χ2n) is 7.10. The van der Waals surface area contributed by atoms with Crippen molar-refractivity contribution in [3.63, 3.8) is 0 Å². The van der Waals surface area contributed by atoms with Gasteiger partial charge in [0.25, 0.3) is 0 Å². The summed E-state index contributed by atoms with van der Waals surface area (Å²) in [7, 11) is -3.98. The van der Waals surface area contributed by atoms with Crippen LogP contribution in [0.25, 0.3) is 10.1 Å². The largest absolute Gasteiger partial charge is 0.325 e. The molecule has 0 aliphatic rings. The lowest BCUT2D eigenvalue weighted by atomic mass is 10.2. The minimum Gasteiger partial charge on any atom is -0.325 e. The first-order chi connectivity index (χ1) is 15.7. The number of anilines is 1. The Morgan fingerprint density at radius 2 is 1.79 bits per heavy atom. The molecule has 0 saturated heterocycles. The van der Waals surface area contributed by atoms with E-state index in [9.17, 15) is 13.2 Å². The number of hydrogen-bond acceptors (Lipinski definition) is 5. The number of hydrogen-bond donors (Lipinski definition) is 1. The smallest absolute Gasteiger partial charge is 0.243 e. The van der Waals surface area contributed by atoms with Crippen LogP contribution in [0, 0.1) is 0 Å². The predicted molar refractivity (Wildman–Crippen MR) is 136 cm³/mol. The van der Waals surface area contributed by atoms with Gasteiger partial charge in [-0.2, -0.15) is 8.68 Å². The molecule has 0 spiro atoms. The van der Waals surface area contributed by atoms with Crippen LogP contribution in [0.1, 0.15) is 5.56 Å². The van der Waals surface area contributed by atoms with Gasteiger partial charge in [0.1, 0.15) is 0 Å². The van der Waals surface area contributed by atoms with Crippen LogP contribution < -0.4 is 5.32 Å². The van der Waals surface area contributed by atoms with Crippen LogP contribution in [-0.4, -0.2) is 29.5 Å². The summed E-state index contributed by atoms with van der Waals surface area (Å²) >= 11 is 16.8. The third-order valence-electron chi connectivity index (χ3n) is 4.75. The van der Waals surface area contributed by atoms with E-state index in [2.05, 4.69) is 25.6 Å². The average molecular weight is 585 g/mol. The second-order valence-corrected chi connectivity index (χ2v) is 11.6. The van der Waals surface area contributed by atoms with E-state index in [1.807, 2.05) is 6.07 Å². The van der Waals surface area contributed by atoms with Gasteiger partial charge in [-0.05, 0) is 71.7 Å². The molecule has 3 aromatic carbocycles. The van der Waals surface area contributed by atoms with E-state index >= 15 is 0 Å². The molecule has 6 nitrogen and oxygen atoms in total. The van der Waals surface area contributed by atoms with Crippen molar-refractivity contribution in [1.29, 1.82) is 0 Å². The van der Waals surface area contributed by atoms with Gasteiger partial charge in [0, 0.05) is 28.3 Å². The first-order valence-corrected chi connectivity index (χ1v) is 13.3. The normalized spacial score (nSPS) is 11.8. The van der Waals surface area contributed by atoms with Crippen molar-refractivity contribution in [2.24, 2.45) is 0 Å². The molecular formula is C22H16BrCl2N3O3S2. The Morgan fingerprint density at radius 3 is 2.52 bits per heavy atom. The summed E-state index contributed by atoms with van der Waals surface area (Å²) in [6.07, 6.45) is 1.71. The molecule has 0 fully saturated rings. The molecular weight excluding hydrogens is 569 g/mol. The number of amides is 1. The Hall–Kier alpha value is -2.01. The van der Waals surface area contributed by atoms with Crippen molar-refractivity contribution in [3.05, 3.63) is 86.9 Å². The number of benzene rings is 3. The molecule has 0 saturated carbocycles. The van der Waals surface area contributed by atoms with Gasteiger partial charge in [-0.3, -0.25) is 4.79 Å². The average Bonchev–Trinajstić information content (AvgIpc) is 3.24. The maximum Gasteiger partial charge on any atom is 0.243 e. The molecule has 0 aliphatic carbocycles. The highest BCUT2D eigenvalue weighted by Gasteiger charge is 2.27. The number of nitrogens with one attached hydrogen (secondary N) is 1. The number of carbonyl (C=O) groups is 1. The predicted octanol–water partition coefficient (Wildman–Crippen LogP) is 6.20. The van der Waals surface area contributed by atoms with E-state index in [1.165, 1.54) is 23.7 Å². The Morgan fingerprint density at radius 1 is 1.03 bits per heavy atom. The number of halogens is 3. The summed E-state index contributed by atoms with van der Waals surface area (Å²) < 4.78 is 33.7. The van der Waals surface area contributed by atoms with Crippen LogP contribution in [0.5, 0.6) is 0 Å². The van der Waals surface area contributed by atoms with Gasteiger partial charge >= 0.3 is 0 Å². The summed E-state index contributed by atoms with van der Waals surface area (Å²) in [5.74, 6) is -0.474. The number of fused-ring (bicyclic) bond motifs is 1. The fraction of sp³-hybridized carbons (Fsp3) is 0.0909. The Kier molecular flexibility index (Phi) is 7.37. The SMILES string of the molecule is O=C(CN(Cc1ccc(Cl)c(Cl)c1)S(=O)(=O)c1ccc(Br)cc1)Nc1ccc2sncc2c1. The van der Waals surface area contributed by atoms with Gasteiger partial charge in [-0.15, -0.1) is 0 Å². The van der Waals surface area contributed by atoms with Crippen molar-refractivity contribution >= 4 is 82.4 Å². The number of rotatable bonds is 7. The van der Waals surface area contributed by atoms with Crippen molar-refractivity contribution in [3.8, 4) is 0 Å². The highest BCUT2D eigenvalue weighted by molar-refractivity contribution is 9.10. The summed E-state index contributed by atoms with van der Waals surface area (Å²) in [6, 6.07) is 16.5. The molecule has 11 heteroatoms. The summed E-state index contributed by atoms with van der Waals surface area (Å²) in [5.41, 5.74) is 1.16. The lowest BCUT2D eigenvalue weighted by molar-refractivity contribution is -0.116. The molecule has 0 aliphatic heterocycles. The molecule has 4 rings (SSSR count). The Labute approximate surface area is 213 Å². The van der Waals surface area contributed by atoms with Crippen LogP contribution in [0.3, 0.4) is 0 Å². The van der Waals surface area contributed by atoms with Crippen molar-refractivity contribution in [2.75, 3.05) is 11.9 Å². The van der Waals surface area contributed by atoms with Crippen LogP contribution >= 0.6 is 50.7 Å². The summed E-state index contributed by atoms with van der Waals surface area (Å²) in [6.45, 7) is -0.450. The van der Waals surface area contributed by atoms with E-state index in [1.54, 1.807) is 48.7 Å². The zero-order chi connectivity index (χ0) is 23.6. The van der Waals surface area contributed by atoms with Crippen LogP contribution in [0.15, 0.2) is 76.2 Å². The molecule has 0 bridgehead atoms. The highest BCUT2D eigenvalue weighted by atomic mass is 79.9. The molecule has 0 radical (unpaired) electrons. The minimum atomic E-state index is -3.98. The maximum absolute atomic E-state index is 13.4. The Balaban J connectivity index is 1.61. The number of nitrogens with zero attached hydrogens (tertiary/aromatic N) is 2. The monoisotopic (exact) mass is 583 g/mol. The van der Waals surface area contributed by atoms with Crippen molar-refractivity contribution in [1.82, 2.24) is 8.68 Å². The maximum atomic E-state index is 13.4. The topological polar surface area (TPSA) is 79.4 Å². The Bertz CT molecular complexity index is 1430. The number of carbonyl (C=O) groups excluding carboxylic acids is 1. The van der Waals surface area contributed by atoms with Gasteiger partial charge in [-0.25, -0.2) is 8.42 Å². The van der Waals surface area contributed by atoms with Gasteiger partial charge in [0.15, 0.2) is 0 Å². The van der Waals surface area contributed by atoms with Gasteiger partial charge in [0.05, 0.1) is 26.2 Å². The molecule has 170 valence electrons. The number of sulfonamides is 1. The van der Waals surface area contributed by atoms with Crippen molar-refractivity contribution < 1.29 is 13.2 Å². The van der Waals surface area contributed by atoms with Crippen LogP contribution in [-0.2, 0) is 21.4 Å². The third kappa shape index (κ3) is 5.74. The molecule has 4 aromatic rings. The summed E-state index contributed by atoms with van der Waals surface area (Å²) in [4.78, 5) is 12.9. The molecule has 1 heterocycles. The van der Waals surface area contributed by atoms with Gasteiger partial charge in [0.2, 0.25) is 15.9 Å². The van der Waals surface area contributed by atoms with Crippen LogP contribution in [0.4, 0.5) is 5.69 Å². The highest BCUT2D eigenvalue weighted by Crippen LogP contribution is 2.26. The van der Waals surface area contributed by atoms with Crippen molar-refractivity contribution in [2.45, 2.75) is 11.4 Å². The third-order valence-corrected chi connectivity index (χ3v) is 8.60. The molecule has 1 aromatic heterocycles. The fourth-order valence-corrected chi connectivity index (χ4v) is 5.73. The molecule has 0 unspecified atom stereocenters. The standard InChI is InChI=1S/C22H16BrCl2N3O3S2/c23-16-2-5-18(6-3-16)33(30,31)28(12-14-1-7-19(24)20(25)9-14)13-22(29)27-17-4-8-21-15(10-17)11-26-32-21/h1-11H,12-13H2,(H,27,29). The lowest BCUT2D eigenvalue weighted by Gasteiger charge is -2.22. The molecule has 0 atom stereocenters. The zero-order valence-corrected chi connectivity index (χ0v) is 21.6. The first-order valence-electron chi connectivity index (χ1n) is 9.56. The fourth-order valence-electron chi connectivity index (χ4n) is 3.13. The molecule has 1 N–H and O–H groups in total. The van der Waals surface area contributed by atoms with Gasteiger partial charge in [-0.1, -0.05) is 45.2 Å². The van der Waals surface area contributed by atoms with E-state index in [4.69, 9.17) is 23.2 Å². The molecule has 33 heavy (non-hydrogen) atoms. The minimum absolute atomic E-state index is 0.0593. The number of aromatic nitrogens is 1. The van der Waals surface area contributed by atoms with Crippen LogP contribution in [0.2, 0.25) is 10.0 Å². The van der Waals surface area contributed by atoms with E-state index in [0.29, 0.717) is 21.3 Å². The molecule has 1 amide bonds. The van der Waals surface area contributed by atoms with E-state index < -0.39 is 22.5 Å². The second kappa shape index (κ2) is 10.1. The zero-order valence-electron chi connectivity index (χ0n) is 16.8. The lowest BCUT2D eigenvalue weighted by Crippen LogP contribution is -2.37. The first kappa shape index (κ1) is 24.1. The van der Waals surface area contributed by atoms with Gasteiger partial charge < -0.3 is 5.32 Å². The van der Waals surface area contributed by atoms with E-state index in [-0.39, 0.29) is 11.4 Å². The van der Waals surface area contributed by atoms with E-state index in [0.717, 1.165) is 18.9 Å².